The largest absolute Gasteiger partial charge is 0.486 e. The zero-order valence-electron chi connectivity index (χ0n) is 17.7. The van der Waals surface area contributed by atoms with Gasteiger partial charge in [0.25, 0.3) is 11.6 Å². The lowest BCUT2D eigenvalue weighted by molar-refractivity contribution is -0.384. The van der Waals surface area contributed by atoms with Gasteiger partial charge in [0.2, 0.25) is 5.89 Å². The van der Waals surface area contributed by atoms with E-state index in [9.17, 15) is 14.9 Å². The highest BCUT2D eigenvalue weighted by molar-refractivity contribution is 5.84. The predicted molar refractivity (Wildman–Crippen MR) is 114 cm³/mol. The first kappa shape index (κ1) is 20.9. The van der Waals surface area contributed by atoms with Crippen LogP contribution in [0.25, 0.3) is 11.5 Å². The van der Waals surface area contributed by atoms with Gasteiger partial charge in [-0.25, -0.2) is 0 Å². The maximum Gasteiger partial charge on any atom is 0.317 e. The molecular formula is C23H21N3O7. The summed E-state index contributed by atoms with van der Waals surface area (Å²) < 4.78 is 22.5. The van der Waals surface area contributed by atoms with Crippen molar-refractivity contribution in [3.05, 3.63) is 64.0 Å². The summed E-state index contributed by atoms with van der Waals surface area (Å²) in [5.74, 6) is 1.32. The Bertz CT molecular complexity index is 1180. The van der Waals surface area contributed by atoms with E-state index in [1.165, 1.54) is 24.3 Å². The molecule has 10 nitrogen and oxygen atoms in total. The highest BCUT2D eigenvalue weighted by Crippen LogP contribution is 2.45. The van der Waals surface area contributed by atoms with Gasteiger partial charge in [-0.15, -0.1) is 10.2 Å². The molecule has 0 atom stereocenters. The Balaban J connectivity index is 1.30. The zero-order chi connectivity index (χ0) is 22.8. The minimum absolute atomic E-state index is 0.0339. The zero-order valence-corrected chi connectivity index (χ0v) is 17.7. The number of nitro groups is 1. The number of nitro benzene ring substituents is 1. The van der Waals surface area contributed by atoms with E-state index in [-0.39, 0.29) is 30.0 Å². The molecule has 2 heterocycles. The van der Waals surface area contributed by atoms with Crippen molar-refractivity contribution < 1.29 is 28.3 Å². The highest BCUT2D eigenvalue weighted by Gasteiger charge is 2.45. The summed E-state index contributed by atoms with van der Waals surface area (Å²) in [6, 6.07) is 11.4. The van der Waals surface area contributed by atoms with Gasteiger partial charge in [-0.1, -0.05) is 18.9 Å². The van der Waals surface area contributed by atoms with E-state index in [1.807, 2.05) is 18.2 Å². The molecule has 0 radical (unpaired) electrons. The molecule has 0 spiro atoms. The molecule has 170 valence electrons. The molecule has 5 rings (SSSR count). The number of benzene rings is 2. The summed E-state index contributed by atoms with van der Waals surface area (Å²) in [6.45, 7) is 0.818. The molecule has 3 aromatic rings. The fraction of sp³-hybridized carbons (Fsp3) is 0.348. The molecular weight excluding hydrogens is 430 g/mol. The van der Waals surface area contributed by atoms with Gasteiger partial charge in [-0.2, -0.15) is 0 Å². The summed E-state index contributed by atoms with van der Waals surface area (Å²) in [5, 5.41) is 18.7. The lowest BCUT2D eigenvalue weighted by Crippen LogP contribution is -2.35. The standard InChI is InChI=1S/C23H21N3O7/c27-22(23(9-1-2-10-23)16-5-8-18-19(13-16)31-12-11-30-18)32-14-20-24-25-21(33-20)15-3-6-17(7-4-15)26(28)29/h3-8,13H,1-2,9-12,14H2. The summed E-state index contributed by atoms with van der Waals surface area (Å²) >= 11 is 0. The van der Waals surface area contributed by atoms with Gasteiger partial charge >= 0.3 is 5.97 Å². The maximum absolute atomic E-state index is 13.2. The second-order valence-electron chi connectivity index (χ2n) is 8.03. The Kier molecular flexibility index (Phi) is 5.41. The SMILES string of the molecule is O=C(OCc1nnc(-c2ccc([N+](=O)[O-])cc2)o1)C1(c2ccc3c(c2)OCCO3)CCCC1. The van der Waals surface area contributed by atoms with Crippen LogP contribution >= 0.6 is 0 Å². The van der Waals surface area contributed by atoms with Crippen LogP contribution in [-0.4, -0.2) is 34.3 Å². The Labute approximate surface area is 188 Å². The van der Waals surface area contributed by atoms with E-state index in [2.05, 4.69) is 10.2 Å². The molecule has 0 unspecified atom stereocenters. The molecule has 2 aromatic carbocycles. The Hall–Kier alpha value is -3.95. The van der Waals surface area contributed by atoms with Crippen LogP contribution in [0.15, 0.2) is 46.9 Å². The van der Waals surface area contributed by atoms with Gasteiger partial charge < -0.3 is 18.6 Å². The summed E-state index contributed by atoms with van der Waals surface area (Å²) in [7, 11) is 0. The van der Waals surface area contributed by atoms with Crippen molar-refractivity contribution in [2.24, 2.45) is 0 Å². The van der Waals surface area contributed by atoms with Crippen molar-refractivity contribution in [2.45, 2.75) is 37.7 Å². The van der Waals surface area contributed by atoms with Gasteiger partial charge in [-0.3, -0.25) is 14.9 Å². The first-order chi connectivity index (χ1) is 16.0. The lowest BCUT2D eigenvalue weighted by Gasteiger charge is -2.28. The number of rotatable bonds is 6. The third kappa shape index (κ3) is 3.99. The number of hydrogen-bond donors (Lipinski definition) is 0. The van der Waals surface area contributed by atoms with Crippen LogP contribution in [0.4, 0.5) is 5.69 Å². The molecule has 1 saturated carbocycles. The van der Waals surface area contributed by atoms with Crippen molar-refractivity contribution >= 4 is 11.7 Å². The van der Waals surface area contributed by atoms with Crippen molar-refractivity contribution in [2.75, 3.05) is 13.2 Å². The third-order valence-corrected chi connectivity index (χ3v) is 6.06. The highest BCUT2D eigenvalue weighted by atomic mass is 16.6. The Morgan fingerprint density at radius 2 is 1.76 bits per heavy atom. The predicted octanol–water partition coefficient (Wildman–Crippen LogP) is 3.97. The topological polar surface area (TPSA) is 127 Å². The minimum Gasteiger partial charge on any atom is -0.486 e. The van der Waals surface area contributed by atoms with E-state index in [1.54, 1.807) is 0 Å². The summed E-state index contributed by atoms with van der Waals surface area (Å²) in [4.78, 5) is 23.6. The van der Waals surface area contributed by atoms with Crippen LogP contribution < -0.4 is 9.47 Å². The molecule has 10 heteroatoms. The van der Waals surface area contributed by atoms with E-state index < -0.39 is 10.3 Å². The van der Waals surface area contributed by atoms with E-state index in [4.69, 9.17) is 18.6 Å². The average Bonchev–Trinajstić information content (AvgIpc) is 3.53. The van der Waals surface area contributed by atoms with Gasteiger partial charge in [0, 0.05) is 17.7 Å². The number of ether oxygens (including phenoxy) is 3. The third-order valence-electron chi connectivity index (χ3n) is 6.06. The van der Waals surface area contributed by atoms with Crippen LogP contribution in [0.2, 0.25) is 0 Å². The van der Waals surface area contributed by atoms with E-state index in [0.29, 0.717) is 43.1 Å². The van der Waals surface area contributed by atoms with Crippen molar-refractivity contribution in [3.63, 3.8) is 0 Å². The molecule has 2 aliphatic rings. The van der Waals surface area contributed by atoms with Gasteiger partial charge in [-0.05, 0) is 42.7 Å². The average molecular weight is 451 g/mol. The minimum atomic E-state index is -0.753. The fourth-order valence-corrected chi connectivity index (χ4v) is 4.35. The number of carbonyl (C=O) groups is 1. The normalized spacial score (nSPS) is 16.4. The first-order valence-electron chi connectivity index (χ1n) is 10.7. The molecule has 33 heavy (non-hydrogen) atoms. The number of nitrogens with zero attached hydrogens (tertiary/aromatic N) is 3. The van der Waals surface area contributed by atoms with Gasteiger partial charge in [0.15, 0.2) is 18.1 Å². The summed E-state index contributed by atoms with van der Waals surface area (Å²) in [6.07, 6.45) is 3.22. The molecule has 0 amide bonds. The molecule has 1 aliphatic heterocycles. The molecule has 1 aliphatic carbocycles. The Morgan fingerprint density at radius 3 is 2.48 bits per heavy atom. The smallest absolute Gasteiger partial charge is 0.317 e. The van der Waals surface area contributed by atoms with E-state index in [0.717, 1.165) is 18.4 Å². The second kappa shape index (κ2) is 8.53. The second-order valence-corrected chi connectivity index (χ2v) is 8.03. The van der Waals surface area contributed by atoms with Crippen molar-refractivity contribution in [1.29, 1.82) is 0 Å². The van der Waals surface area contributed by atoms with Crippen molar-refractivity contribution in [1.82, 2.24) is 10.2 Å². The molecule has 1 aromatic heterocycles. The van der Waals surface area contributed by atoms with Crippen LogP contribution in [0.5, 0.6) is 11.5 Å². The van der Waals surface area contributed by atoms with Crippen LogP contribution in [0.1, 0.15) is 37.1 Å². The monoisotopic (exact) mass is 451 g/mol. The van der Waals surface area contributed by atoms with Crippen LogP contribution in [-0.2, 0) is 21.6 Å². The fourth-order valence-electron chi connectivity index (χ4n) is 4.35. The maximum atomic E-state index is 13.2. The number of hydrogen-bond acceptors (Lipinski definition) is 9. The van der Waals surface area contributed by atoms with Crippen LogP contribution in [0.3, 0.4) is 0 Å². The molecule has 0 saturated heterocycles. The summed E-state index contributed by atoms with van der Waals surface area (Å²) in [5.41, 5.74) is 0.603. The molecule has 0 bridgehead atoms. The first-order valence-corrected chi connectivity index (χ1v) is 10.7. The lowest BCUT2D eigenvalue weighted by atomic mass is 9.78. The molecule has 1 fully saturated rings. The van der Waals surface area contributed by atoms with E-state index >= 15 is 0 Å². The number of non-ortho nitro benzene ring substituents is 1. The Morgan fingerprint density at radius 1 is 1.03 bits per heavy atom. The number of aromatic nitrogens is 2. The van der Waals surface area contributed by atoms with Crippen molar-refractivity contribution in [3.8, 4) is 23.0 Å². The molecule has 0 N–H and O–H groups in total. The number of carbonyl (C=O) groups excluding carboxylic acids is 1. The number of fused-ring (bicyclic) bond motifs is 1. The van der Waals surface area contributed by atoms with Gasteiger partial charge in [0.1, 0.15) is 13.2 Å². The number of esters is 1. The quantitative estimate of drug-likeness (QED) is 0.311. The van der Waals surface area contributed by atoms with Crippen LogP contribution in [0, 0.1) is 10.1 Å². The van der Waals surface area contributed by atoms with Gasteiger partial charge in [0.05, 0.1) is 10.3 Å².